The molecule has 1 atom stereocenters. The van der Waals surface area contributed by atoms with Crippen LogP contribution in [0.15, 0.2) is 59.8 Å². The van der Waals surface area contributed by atoms with Crippen molar-refractivity contribution in [3.05, 3.63) is 60.2 Å². The molecule has 1 fully saturated rings. The highest BCUT2D eigenvalue weighted by Gasteiger charge is 2.30. The topological polar surface area (TPSA) is 91.2 Å². The van der Waals surface area contributed by atoms with Gasteiger partial charge in [-0.3, -0.25) is 9.36 Å². The van der Waals surface area contributed by atoms with E-state index in [1.54, 1.807) is 0 Å². The molecule has 2 aromatic carbocycles. The van der Waals surface area contributed by atoms with Gasteiger partial charge in [0, 0.05) is 11.3 Å². The first-order valence-electron chi connectivity index (χ1n) is 9.52. The number of thioether (sulfide) groups is 1. The van der Waals surface area contributed by atoms with Crippen LogP contribution in [0.25, 0.3) is 17.1 Å². The van der Waals surface area contributed by atoms with Gasteiger partial charge in [0.15, 0.2) is 20.8 Å². The third kappa shape index (κ3) is 4.73. The average Bonchev–Trinajstić information content (AvgIpc) is 3.30. The molecule has 0 radical (unpaired) electrons. The lowest BCUT2D eigenvalue weighted by molar-refractivity contribution is -0.144. The van der Waals surface area contributed by atoms with Crippen molar-refractivity contribution in [3.8, 4) is 17.1 Å². The van der Waals surface area contributed by atoms with Gasteiger partial charge in [-0.25, -0.2) is 8.42 Å². The third-order valence-electron chi connectivity index (χ3n) is 4.77. The molecule has 4 rings (SSSR count). The zero-order chi connectivity index (χ0) is 21.1. The summed E-state index contributed by atoms with van der Waals surface area (Å²) in [5, 5.41) is 9.20. The maximum atomic E-state index is 12.3. The van der Waals surface area contributed by atoms with Crippen LogP contribution < -0.4 is 0 Å². The molecule has 9 heteroatoms. The van der Waals surface area contributed by atoms with Crippen LogP contribution in [0, 0.1) is 6.92 Å². The van der Waals surface area contributed by atoms with Crippen LogP contribution in [0.2, 0.25) is 0 Å². The zero-order valence-electron chi connectivity index (χ0n) is 16.4. The van der Waals surface area contributed by atoms with E-state index >= 15 is 0 Å². The minimum atomic E-state index is -3.09. The van der Waals surface area contributed by atoms with E-state index in [0.717, 1.165) is 16.8 Å². The highest BCUT2D eigenvalue weighted by molar-refractivity contribution is 7.99. The fraction of sp³-hybridized carbons (Fsp3) is 0.286. The fourth-order valence-electron chi connectivity index (χ4n) is 3.26. The number of aromatic nitrogens is 3. The predicted octanol–water partition coefficient (Wildman–Crippen LogP) is 3.07. The summed E-state index contributed by atoms with van der Waals surface area (Å²) in [5.74, 6) is 0.218. The monoisotopic (exact) mass is 443 g/mol. The second-order valence-corrected chi connectivity index (χ2v) is 10.3. The summed E-state index contributed by atoms with van der Waals surface area (Å²) in [6, 6.07) is 17.7. The van der Waals surface area contributed by atoms with Gasteiger partial charge in [0.1, 0.15) is 6.10 Å². The van der Waals surface area contributed by atoms with Gasteiger partial charge >= 0.3 is 5.97 Å². The van der Waals surface area contributed by atoms with Crippen LogP contribution in [0.3, 0.4) is 0 Å². The Morgan fingerprint density at radius 1 is 1.13 bits per heavy atom. The van der Waals surface area contributed by atoms with Crippen molar-refractivity contribution in [1.82, 2.24) is 14.8 Å². The number of sulfone groups is 1. The molecule has 1 aromatic heterocycles. The molecule has 0 N–H and O–H groups in total. The van der Waals surface area contributed by atoms with Crippen molar-refractivity contribution in [2.45, 2.75) is 24.6 Å². The second kappa shape index (κ2) is 8.61. The van der Waals surface area contributed by atoms with Gasteiger partial charge in [0.2, 0.25) is 0 Å². The maximum absolute atomic E-state index is 12.3. The number of hydrogen-bond acceptors (Lipinski definition) is 7. The van der Waals surface area contributed by atoms with Crippen molar-refractivity contribution >= 4 is 27.6 Å². The number of hydrogen-bond donors (Lipinski definition) is 0. The smallest absolute Gasteiger partial charge is 0.316 e. The lowest BCUT2D eigenvalue weighted by Gasteiger charge is -2.12. The largest absolute Gasteiger partial charge is 0.461 e. The number of esters is 1. The molecule has 3 aromatic rings. The van der Waals surface area contributed by atoms with Gasteiger partial charge in [0.05, 0.1) is 17.3 Å². The predicted molar refractivity (Wildman–Crippen MR) is 115 cm³/mol. The number of ether oxygens (including phenoxy) is 1. The fourth-order valence-corrected chi connectivity index (χ4v) is 5.59. The molecule has 156 valence electrons. The van der Waals surface area contributed by atoms with E-state index in [0.29, 0.717) is 17.4 Å². The Balaban J connectivity index is 1.55. The number of carbonyl (C=O) groups is 1. The lowest BCUT2D eigenvalue weighted by atomic mass is 10.2. The summed E-state index contributed by atoms with van der Waals surface area (Å²) >= 11 is 1.22. The molecule has 0 aliphatic carbocycles. The molecule has 2 heterocycles. The standard InChI is InChI=1S/C21H21N3O4S2/c1-15-7-9-17(10-8-15)24-20(16-5-3-2-4-6-16)22-23-21(24)29-13-19(25)28-18-11-12-30(26,27)14-18/h2-10,18H,11-14H2,1H3/t18-/m0/s1. The van der Waals surface area contributed by atoms with E-state index < -0.39 is 21.9 Å². The molecule has 1 aliphatic rings. The Kier molecular flexibility index (Phi) is 5.92. The summed E-state index contributed by atoms with van der Waals surface area (Å²) in [6.07, 6.45) is -0.200. The average molecular weight is 444 g/mol. The molecule has 0 unspecified atom stereocenters. The third-order valence-corrected chi connectivity index (χ3v) is 7.41. The Morgan fingerprint density at radius 2 is 1.87 bits per heavy atom. The van der Waals surface area contributed by atoms with Crippen LogP contribution in [-0.2, 0) is 19.4 Å². The van der Waals surface area contributed by atoms with Gasteiger partial charge in [-0.15, -0.1) is 10.2 Å². The van der Waals surface area contributed by atoms with Crippen LogP contribution in [0.5, 0.6) is 0 Å². The van der Waals surface area contributed by atoms with E-state index in [4.69, 9.17) is 4.74 Å². The minimum Gasteiger partial charge on any atom is -0.461 e. The molecule has 1 saturated heterocycles. The number of aryl methyl sites for hydroxylation is 1. The highest BCUT2D eigenvalue weighted by Crippen LogP contribution is 2.28. The summed E-state index contributed by atoms with van der Waals surface area (Å²) in [5.41, 5.74) is 2.94. The van der Waals surface area contributed by atoms with Crippen molar-refractivity contribution in [3.63, 3.8) is 0 Å². The molecule has 0 spiro atoms. The van der Waals surface area contributed by atoms with Crippen LogP contribution in [0.4, 0.5) is 0 Å². The normalized spacial score (nSPS) is 17.7. The van der Waals surface area contributed by atoms with Gasteiger partial charge in [-0.05, 0) is 25.5 Å². The van der Waals surface area contributed by atoms with Crippen molar-refractivity contribution in [1.29, 1.82) is 0 Å². The first kappa shape index (κ1) is 20.6. The van der Waals surface area contributed by atoms with Crippen molar-refractivity contribution in [2.75, 3.05) is 17.3 Å². The van der Waals surface area contributed by atoms with E-state index in [1.807, 2.05) is 66.1 Å². The number of rotatable bonds is 6. The Morgan fingerprint density at radius 3 is 2.53 bits per heavy atom. The molecule has 7 nitrogen and oxygen atoms in total. The van der Waals surface area contributed by atoms with Crippen LogP contribution in [-0.4, -0.2) is 52.5 Å². The van der Waals surface area contributed by atoms with Crippen LogP contribution >= 0.6 is 11.8 Å². The van der Waals surface area contributed by atoms with Gasteiger partial charge in [-0.2, -0.15) is 0 Å². The summed E-state index contributed by atoms with van der Waals surface area (Å²) in [4.78, 5) is 12.3. The summed E-state index contributed by atoms with van der Waals surface area (Å²) < 4.78 is 30.3. The minimum absolute atomic E-state index is 0.0231. The molecule has 30 heavy (non-hydrogen) atoms. The number of carbonyl (C=O) groups excluding carboxylic acids is 1. The van der Waals surface area contributed by atoms with E-state index in [-0.39, 0.29) is 17.3 Å². The molecule has 0 amide bonds. The Hall–Kier alpha value is -2.65. The van der Waals surface area contributed by atoms with Crippen molar-refractivity contribution < 1.29 is 17.9 Å². The van der Waals surface area contributed by atoms with E-state index in [1.165, 1.54) is 11.8 Å². The molecule has 0 saturated carbocycles. The Labute approximate surface area is 179 Å². The van der Waals surface area contributed by atoms with Crippen molar-refractivity contribution in [2.24, 2.45) is 0 Å². The highest BCUT2D eigenvalue weighted by atomic mass is 32.2. The summed E-state index contributed by atoms with van der Waals surface area (Å²) in [7, 11) is -3.09. The molecular weight excluding hydrogens is 422 g/mol. The SMILES string of the molecule is Cc1ccc(-n2c(SCC(=O)O[C@H]3CCS(=O)(=O)C3)nnc2-c2ccccc2)cc1. The van der Waals surface area contributed by atoms with Gasteiger partial charge in [-0.1, -0.05) is 59.8 Å². The summed E-state index contributed by atoms with van der Waals surface area (Å²) in [6.45, 7) is 2.02. The van der Waals surface area contributed by atoms with E-state index in [9.17, 15) is 13.2 Å². The van der Waals surface area contributed by atoms with E-state index in [2.05, 4.69) is 10.2 Å². The first-order chi connectivity index (χ1) is 14.4. The Bertz CT molecular complexity index is 1140. The van der Waals surface area contributed by atoms with Gasteiger partial charge < -0.3 is 4.74 Å². The maximum Gasteiger partial charge on any atom is 0.316 e. The number of nitrogens with zero attached hydrogens (tertiary/aromatic N) is 3. The van der Waals surface area contributed by atoms with Crippen LogP contribution in [0.1, 0.15) is 12.0 Å². The second-order valence-electron chi connectivity index (χ2n) is 7.15. The molecule has 1 aliphatic heterocycles. The quantitative estimate of drug-likeness (QED) is 0.427. The first-order valence-corrected chi connectivity index (χ1v) is 12.3. The van der Waals surface area contributed by atoms with Gasteiger partial charge in [0.25, 0.3) is 0 Å². The zero-order valence-corrected chi connectivity index (χ0v) is 18.0. The molecular formula is C21H21N3O4S2. The number of benzene rings is 2. The molecule has 0 bridgehead atoms. The lowest BCUT2D eigenvalue weighted by Crippen LogP contribution is -2.20.